The number of hydrogen-bond donors (Lipinski definition) is 2. The molecule has 1 aromatic rings. The van der Waals surface area contributed by atoms with E-state index in [-0.39, 0.29) is 0 Å². The summed E-state index contributed by atoms with van der Waals surface area (Å²) in [6, 6.07) is 1.73. The van der Waals surface area contributed by atoms with Gasteiger partial charge in [-0.25, -0.2) is 13.1 Å². The first-order valence-corrected chi connectivity index (χ1v) is 8.53. The first kappa shape index (κ1) is 15.6. The van der Waals surface area contributed by atoms with Gasteiger partial charge in [0.25, 0.3) is 0 Å². The minimum absolute atomic E-state index is 0.377. The third-order valence-corrected chi connectivity index (χ3v) is 5.07. The Kier molecular flexibility index (Phi) is 6.28. The molecule has 104 valence electrons. The minimum Gasteiger partial charge on any atom is -0.315 e. The van der Waals surface area contributed by atoms with E-state index in [1.165, 1.54) is 11.3 Å². The second-order valence-electron chi connectivity index (χ2n) is 4.71. The van der Waals surface area contributed by atoms with Crippen LogP contribution in [0.4, 0.5) is 0 Å². The van der Waals surface area contributed by atoms with Gasteiger partial charge >= 0.3 is 0 Å². The molecule has 18 heavy (non-hydrogen) atoms. The maximum atomic E-state index is 12.0. The zero-order valence-corrected chi connectivity index (χ0v) is 12.8. The normalized spacial score (nSPS) is 12.2. The van der Waals surface area contributed by atoms with Crippen molar-refractivity contribution in [2.45, 2.75) is 38.1 Å². The van der Waals surface area contributed by atoms with Crippen LogP contribution in [0.2, 0.25) is 0 Å². The largest absolute Gasteiger partial charge is 0.315 e. The van der Waals surface area contributed by atoms with E-state index in [1.54, 1.807) is 11.4 Å². The second-order valence-corrected chi connectivity index (χ2v) is 7.48. The lowest BCUT2D eigenvalue weighted by Crippen LogP contribution is -2.24. The number of thiophene rings is 1. The molecule has 2 N–H and O–H groups in total. The summed E-state index contributed by atoms with van der Waals surface area (Å²) in [6.45, 7) is 5.49. The molecule has 1 aromatic heterocycles. The summed E-state index contributed by atoms with van der Waals surface area (Å²) in [6.07, 6.45) is 1.92. The van der Waals surface area contributed by atoms with Crippen molar-refractivity contribution in [2.24, 2.45) is 5.92 Å². The first-order chi connectivity index (χ1) is 8.45. The van der Waals surface area contributed by atoms with E-state index in [9.17, 15) is 8.42 Å². The fourth-order valence-electron chi connectivity index (χ4n) is 1.57. The SMILES string of the molecule is CNCc1cc(S(=O)(=O)NCCCC(C)C)cs1. The van der Waals surface area contributed by atoms with Crippen LogP contribution in [-0.2, 0) is 16.6 Å². The maximum Gasteiger partial charge on any atom is 0.241 e. The topological polar surface area (TPSA) is 58.2 Å². The van der Waals surface area contributed by atoms with E-state index in [4.69, 9.17) is 0 Å². The van der Waals surface area contributed by atoms with Crippen LogP contribution in [0.25, 0.3) is 0 Å². The van der Waals surface area contributed by atoms with Gasteiger partial charge < -0.3 is 5.32 Å². The van der Waals surface area contributed by atoms with Crippen molar-refractivity contribution < 1.29 is 8.42 Å². The molecule has 0 aliphatic rings. The molecule has 0 unspecified atom stereocenters. The van der Waals surface area contributed by atoms with Crippen molar-refractivity contribution >= 4 is 21.4 Å². The monoisotopic (exact) mass is 290 g/mol. The van der Waals surface area contributed by atoms with Gasteiger partial charge in [0.15, 0.2) is 0 Å². The molecule has 0 aromatic carbocycles. The quantitative estimate of drug-likeness (QED) is 0.722. The lowest BCUT2D eigenvalue weighted by Gasteiger charge is -2.06. The molecule has 0 radical (unpaired) electrons. The Balaban J connectivity index is 2.51. The van der Waals surface area contributed by atoms with Crippen LogP contribution in [0.5, 0.6) is 0 Å². The smallest absolute Gasteiger partial charge is 0.241 e. The Morgan fingerprint density at radius 1 is 1.39 bits per heavy atom. The van der Waals surface area contributed by atoms with Crippen molar-refractivity contribution in [1.82, 2.24) is 10.0 Å². The van der Waals surface area contributed by atoms with E-state index in [0.717, 1.165) is 17.7 Å². The highest BCUT2D eigenvalue weighted by molar-refractivity contribution is 7.89. The molecule has 0 spiro atoms. The van der Waals surface area contributed by atoms with Gasteiger partial charge in [-0.05, 0) is 31.9 Å². The van der Waals surface area contributed by atoms with Gasteiger partial charge in [0, 0.05) is 23.3 Å². The number of hydrogen-bond acceptors (Lipinski definition) is 4. The van der Waals surface area contributed by atoms with Gasteiger partial charge in [-0.3, -0.25) is 0 Å². The molecule has 0 aliphatic heterocycles. The summed E-state index contributed by atoms with van der Waals surface area (Å²) in [5, 5.41) is 4.70. The Morgan fingerprint density at radius 3 is 2.72 bits per heavy atom. The van der Waals surface area contributed by atoms with Gasteiger partial charge in [0.05, 0.1) is 4.90 Å². The lowest BCUT2D eigenvalue weighted by molar-refractivity contribution is 0.540. The minimum atomic E-state index is -3.32. The van der Waals surface area contributed by atoms with Crippen molar-refractivity contribution in [3.8, 4) is 0 Å². The fraction of sp³-hybridized carbons (Fsp3) is 0.667. The lowest BCUT2D eigenvalue weighted by atomic mass is 10.1. The predicted octanol–water partition coefficient (Wildman–Crippen LogP) is 2.18. The van der Waals surface area contributed by atoms with Crippen molar-refractivity contribution in [3.05, 3.63) is 16.3 Å². The maximum absolute atomic E-state index is 12.0. The first-order valence-electron chi connectivity index (χ1n) is 6.17. The van der Waals surface area contributed by atoms with Gasteiger partial charge in [-0.2, -0.15) is 0 Å². The van der Waals surface area contributed by atoms with Crippen LogP contribution in [0.1, 0.15) is 31.6 Å². The van der Waals surface area contributed by atoms with E-state index in [1.807, 2.05) is 7.05 Å². The highest BCUT2D eigenvalue weighted by atomic mass is 32.2. The van der Waals surface area contributed by atoms with Crippen molar-refractivity contribution in [2.75, 3.05) is 13.6 Å². The van der Waals surface area contributed by atoms with E-state index in [2.05, 4.69) is 23.9 Å². The molecule has 0 amide bonds. The Bertz CT molecular complexity index is 452. The Labute approximate surface area is 114 Å². The number of sulfonamides is 1. The van der Waals surface area contributed by atoms with Crippen LogP contribution in [0.15, 0.2) is 16.3 Å². The molecule has 0 aliphatic carbocycles. The third kappa shape index (κ3) is 5.06. The van der Waals surface area contributed by atoms with Crippen LogP contribution < -0.4 is 10.0 Å². The summed E-state index contributed by atoms with van der Waals surface area (Å²) in [4.78, 5) is 1.40. The summed E-state index contributed by atoms with van der Waals surface area (Å²) in [5.41, 5.74) is 0. The standard InChI is InChI=1S/C12H22N2O2S2/c1-10(2)5-4-6-14-18(15,16)12-7-11(8-13-3)17-9-12/h7,9-10,13-14H,4-6,8H2,1-3H3. The van der Waals surface area contributed by atoms with Crippen molar-refractivity contribution in [3.63, 3.8) is 0 Å². The molecular formula is C12H22N2O2S2. The summed E-state index contributed by atoms with van der Waals surface area (Å²) >= 11 is 1.46. The molecule has 4 nitrogen and oxygen atoms in total. The van der Waals surface area contributed by atoms with Crippen LogP contribution in [0, 0.1) is 5.92 Å². The van der Waals surface area contributed by atoms with Gasteiger partial charge in [0.2, 0.25) is 10.0 Å². The second kappa shape index (κ2) is 7.23. The molecule has 1 rings (SSSR count). The van der Waals surface area contributed by atoms with E-state index < -0.39 is 10.0 Å². The summed E-state index contributed by atoms with van der Waals surface area (Å²) in [7, 11) is -1.48. The molecule has 0 saturated heterocycles. The van der Waals surface area contributed by atoms with E-state index in [0.29, 0.717) is 23.9 Å². The number of nitrogens with one attached hydrogen (secondary N) is 2. The average molecular weight is 290 g/mol. The zero-order chi connectivity index (χ0) is 13.6. The Hall–Kier alpha value is -0.430. The molecule has 0 atom stereocenters. The summed E-state index contributed by atoms with van der Waals surface area (Å²) in [5.74, 6) is 0.609. The van der Waals surface area contributed by atoms with Crippen LogP contribution in [0.3, 0.4) is 0 Å². The highest BCUT2D eigenvalue weighted by Gasteiger charge is 2.15. The highest BCUT2D eigenvalue weighted by Crippen LogP contribution is 2.19. The zero-order valence-electron chi connectivity index (χ0n) is 11.2. The molecule has 0 bridgehead atoms. The molecular weight excluding hydrogens is 268 g/mol. The van der Waals surface area contributed by atoms with Crippen molar-refractivity contribution in [1.29, 1.82) is 0 Å². The van der Waals surface area contributed by atoms with E-state index >= 15 is 0 Å². The van der Waals surface area contributed by atoms with Crippen LogP contribution >= 0.6 is 11.3 Å². The molecule has 6 heteroatoms. The van der Waals surface area contributed by atoms with Gasteiger partial charge in [0.1, 0.15) is 0 Å². The van der Waals surface area contributed by atoms with Crippen LogP contribution in [-0.4, -0.2) is 22.0 Å². The van der Waals surface area contributed by atoms with Gasteiger partial charge in [-0.15, -0.1) is 11.3 Å². The molecule has 0 fully saturated rings. The number of rotatable bonds is 8. The molecule has 0 saturated carbocycles. The Morgan fingerprint density at radius 2 is 2.11 bits per heavy atom. The fourth-order valence-corrected chi connectivity index (χ4v) is 3.93. The predicted molar refractivity (Wildman–Crippen MR) is 76.3 cm³/mol. The molecule has 1 heterocycles. The summed E-state index contributed by atoms with van der Waals surface area (Å²) < 4.78 is 26.6. The average Bonchev–Trinajstić information content (AvgIpc) is 2.74. The third-order valence-electron chi connectivity index (χ3n) is 2.54. The van der Waals surface area contributed by atoms with Gasteiger partial charge in [-0.1, -0.05) is 13.8 Å².